The maximum absolute atomic E-state index is 12.9. The molecule has 0 saturated heterocycles. The van der Waals surface area contributed by atoms with Gasteiger partial charge in [0.25, 0.3) is 0 Å². The number of hydrogen-bond acceptors (Lipinski definition) is 8. The largest absolute Gasteiger partial charge is 0.595 e. The molecule has 1 heterocycles. The monoisotopic (exact) mass is 449 g/mol. The van der Waals surface area contributed by atoms with Gasteiger partial charge in [-0.05, 0) is 43.3 Å². The first-order chi connectivity index (χ1) is 16.0. The van der Waals surface area contributed by atoms with Crippen molar-refractivity contribution in [3.05, 3.63) is 94.0 Å². The van der Waals surface area contributed by atoms with Gasteiger partial charge in [0.2, 0.25) is 11.2 Å². The Morgan fingerprint density at radius 1 is 1.03 bits per heavy atom. The van der Waals surface area contributed by atoms with Crippen LogP contribution in [0, 0.1) is 5.21 Å². The first kappa shape index (κ1) is 22.0. The van der Waals surface area contributed by atoms with E-state index in [1.54, 1.807) is 24.3 Å². The van der Waals surface area contributed by atoms with Crippen LogP contribution in [0.3, 0.4) is 0 Å². The Bertz CT molecular complexity index is 1340. The van der Waals surface area contributed by atoms with Crippen molar-refractivity contribution in [2.75, 3.05) is 6.61 Å². The van der Waals surface area contributed by atoms with Crippen LogP contribution in [0.4, 0.5) is 5.69 Å². The summed E-state index contributed by atoms with van der Waals surface area (Å²) in [6.45, 7) is 2.29. The van der Waals surface area contributed by atoms with Crippen molar-refractivity contribution in [2.45, 2.75) is 6.92 Å². The molecule has 0 aliphatic rings. The zero-order valence-corrected chi connectivity index (χ0v) is 17.4. The highest BCUT2D eigenvalue weighted by atomic mass is 16.8. The number of benzene rings is 3. The zero-order chi connectivity index (χ0) is 23.4. The average molecular weight is 449 g/mol. The predicted molar refractivity (Wildman–Crippen MR) is 117 cm³/mol. The quantitative estimate of drug-likeness (QED) is 0.249. The number of fused-ring (bicyclic) bond motifs is 1. The van der Waals surface area contributed by atoms with Gasteiger partial charge in [-0.3, -0.25) is 4.79 Å². The summed E-state index contributed by atoms with van der Waals surface area (Å²) in [5, 5.41) is 19.0. The Hall–Kier alpha value is -4.18. The normalized spacial score (nSPS) is 11.7. The molecule has 1 atom stereocenters. The molecule has 33 heavy (non-hydrogen) atoms. The lowest BCUT2D eigenvalue weighted by Gasteiger charge is -2.12. The van der Waals surface area contributed by atoms with Crippen LogP contribution in [-0.4, -0.2) is 17.8 Å². The molecule has 1 aromatic heterocycles. The number of nitrogens with one attached hydrogen (secondary N) is 1. The summed E-state index contributed by atoms with van der Waals surface area (Å²) in [6.07, 6.45) is 1.18. The summed E-state index contributed by atoms with van der Waals surface area (Å²) in [4.78, 5) is 25.2. The summed E-state index contributed by atoms with van der Waals surface area (Å²) < 4.78 is 22.1. The third kappa shape index (κ3) is 4.85. The molecule has 4 rings (SSSR count). The van der Waals surface area contributed by atoms with Gasteiger partial charge in [-0.15, -0.1) is 0 Å². The van der Waals surface area contributed by atoms with Gasteiger partial charge < -0.3 is 23.8 Å². The Kier molecular flexibility index (Phi) is 6.36. The third-order valence-electron chi connectivity index (χ3n) is 4.66. The number of rotatable bonds is 7. The maximum atomic E-state index is 12.9. The highest BCUT2D eigenvalue weighted by Crippen LogP contribution is 2.31. The van der Waals surface area contributed by atoms with Crippen molar-refractivity contribution in [2.24, 2.45) is 0 Å². The molecule has 0 aliphatic carbocycles. The second-order valence-corrected chi connectivity index (χ2v) is 6.84. The van der Waals surface area contributed by atoms with Crippen LogP contribution in [0.25, 0.3) is 11.0 Å². The minimum atomic E-state index is -1.09. The van der Waals surface area contributed by atoms with Gasteiger partial charge in [-0.2, -0.15) is 5.23 Å². The molecule has 3 aromatic carbocycles. The number of hydrogen-bond donors (Lipinski definition) is 2. The van der Waals surface area contributed by atoms with Crippen LogP contribution in [-0.2, 0) is 0 Å². The molecule has 4 aromatic rings. The van der Waals surface area contributed by atoms with Crippen LogP contribution < -0.4 is 24.9 Å². The number of carbonyl (C=O) groups excluding carboxylic acids is 1. The number of esters is 1. The fraction of sp³-hybridized carbons (Fsp3) is 0.0833. The van der Waals surface area contributed by atoms with Crippen molar-refractivity contribution in [3.8, 4) is 23.0 Å². The van der Waals surface area contributed by atoms with Gasteiger partial charge in [0, 0.05) is 18.2 Å². The van der Waals surface area contributed by atoms with Crippen LogP contribution in [0.1, 0.15) is 17.3 Å². The molecule has 1 unspecified atom stereocenters. The minimum Gasteiger partial charge on any atom is -0.595 e. The van der Waals surface area contributed by atoms with Crippen LogP contribution in [0.5, 0.6) is 23.0 Å². The van der Waals surface area contributed by atoms with Crippen LogP contribution in [0.15, 0.2) is 82.2 Å². The summed E-state index contributed by atoms with van der Waals surface area (Å²) in [7, 11) is 0. The lowest BCUT2D eigenvalue weighted by atomic mass is 10.2. The van der Waals surface area contributed by atoms with E-state index in [2.05, 4.69) is 0 Å². The molecule has 2 N–H and O–H groups in total. The molecular formula is C24H19NO8. The van der Waals surface area contributed by atoms with Gasteiger partial charge >= 0.3 is 5.97 Å². The van der Waals surface area contributed by atoms with E-state index in [1.165, 1.54) is 48.7 Å². The molecule has 0 aliphatic heterocycles. The van der Waals surface area contributed by atoms with E-state index in [-0.39, 0.29) is 33.7 Å². The van der Waals surface area contributed by atoms with E-state index < -0.39 is 16.6 Å². The molecule has 0 spiro atoms. The van der Waals surface area contributed by atoms with E-state index in [9.17, 15) is 14.8 Å². The molecule has 0 fully saturated rings. The van der Waals surface area contributed by atoms with E-state index in [0.29, 0.717) is 18.1 Å². The summed E-state index contributed by atoms with van der Waals surface area (Å²) in [6, 6.07) is 16.6. The molecule has 9 heteroatoms. The van der Waals surface area contributed by atoms with Gasteiger partial charge in [-0.1, -0.05) is 12.1 Å². The van der Waals surface area contributed by atoms with Gasteiger partial charge in [0.15, 0.2) is 17.2 Å². The lowest BCUT2D eigenvalue weighted by molar-refractivity contribution is -0.991. The van der Waals surface area contributed by atoms with E-state index >= 15 is 0 Å². The molecular weight excluding hydrogens is 430 g/mol. The molecule has 168 valence electrons. The molecule has 9 nitrogen and oxygen atoms in total. The summed E-state index contributed by atoms with van der Waals surface area (Å²) >= 11 is 0. The standard InChI is InChI=1S/C24H19NO8/c1-2-30-19-5-3-4-6-20(19)33-22-14-31-21-13-17(11-12-18(21)23(22)26)32-24(27)15-7-9-16(10-8-15)25(28)29/h3-14,25,28H,2H2,1H3. The molecule has 0 saturated carbocycles. The van der Waals surface area contributed by atoms with Crippen molar-refractivity contribution >= 4 is 22.6 Å². The number of carbonyl (C=O) groups is 1. The van der Waals surface area contributed by atoms with Crippen molar-refractivity contribution < 1.29 is 33.9 Å². The smallest absolute Gasteiger partial charge is 0.343 e. The minimum absolute atomic E-state index is 0.0158. The Balaban J connectivity index is 1.55. The van der Waals surface area contributed by atoms with E-state index in [0.717, 1.165) is 0 Å². The van der Waals surface area contributed by atoms with Gasteiger partial charge in [0.1, 0.15) is 17.6 Å². The van der Waals surface area contributed by atoms with Gasteiger partial charge in [0.05, 0.1) is 17.6 Å². The second kappa shape index (κ2) is 9.53. The van der Waals surface area contributed by atoms with Crippen molar-refractivity contribution in [3.63, 3.8) is 0 Å². The molecule has 0 radical (unpaired) electrons. The maximum Gasteiger partial charge on any atom is 0.343 e. The van der Waals surface area contributed by atoms with E-state index in [1.807, 2.05) is 6.92 Å². The highest BCUT2D eigenvalue weighted by molar-refractivity contribution is 5.92. The average Bonchev–Trinajstić information content (AvgIpc) is 2.82. The van der Waals surface area contributed by atoms with Crippen LogP contribution >= 0.6 is 0 Å². The van der Waals surface area contributed by atoms with Crippen molar-refractivity contribution in [1.82, 2.24) is 0 Å². The topological polar surface area (TPSA) is 123 Å². The Morgan fingerprint density at radius 2 is 1.76 bits per heavy atom. The number of quaternary nitrogens is 1. The number of ether oxygens (including phenoxy) is 3. The third-order valence-corrected chi connectivity index (χ3v) is 4.66. The summed E-state index contributed by atoms with van der Waals surface area (Å²) in [5.74, 6) is 0.343. The lowest BCUT2D eigenvalue weighted by Crippen LogP contribution is -2.99. The number of para-hydroxylation sites is 2. The van der Waals surface area contributed by atoms with Crippen LogP contribution in [0.2, 0.25) is 0 Å². The van der Waals surface area contributed by atoms with E-state index in [4.69, 9.17) is 23.8 Å². The zero-order valence-electron chi connectivity index (χ0n) is 17.4. The Morgan fingerprint density at radius 3 is 2.45 bits per heavy atom. The first-order valence-corrected chi connectivity index (χ1v) is 9.97. The fourth-order valence-electron chi connectivity index (χ4n) is 3.07. The highest BCUT2D eigenvalue weighted by Gasteiger charge is 2.15. The molecule has 0 bridgehead atoms. The molecule has 0 amide bonds. The SMILES string of the molecule is CCOc1ccccc1Oc1coc2cc(OC(=O)c3ccc([NH+]([O-])O)cc3)ccc2c1=O. The fourth-order valence-corrected chi connectivity index (χ4v) is 3.07. The Labute approximate surface area is 187 Å². The van der Waals surface area contributed by atoms with Gasteiger partial charge in [-0.25, -0.2) is 10.0 Å². The summed E-state index contributed by atoms with van der Waals surface area (Å²) in [5.41, 5.74) is 0.0425. The predicted octanol–water partition coefficient (Wildman–Crippen LogP) is 3.61. The first-order valence-electron chi connectivity index (χ1n) is 9.97. The second-order valence-electron chi connectivity index (χ2n) is 6.84. The van der Waals surface area contributed by atoms with Crippen molar-refractivity contribution in [1.29, 1.82) is 0 Å².